The minimum atomic E-state index is 0.266. The van der Waals surface area contributed by atoms with Crippen molar-refractivity contribution in [3.63, 3.8) is 0 Å². The van der Waals surface area contributed by atoms with Gasteiger partial charge in [0.1, 0.15) is 5.75 Å². The van der Waals surface area contributed by atoms with Gasteiger partial charge < -0.3 is 9.72 Å². The second-order valence-corrected chi connectivity index (χ2v) is 6.28. The van der Waals surface area contributed by atoms with E-state index in [0.717, 1.165) is 31.1 Å². The molecule has 0 saturated heterocycles. The number of H-pyrrole nitrogens is 1. The highest BCUT2D eigenvalue weighted by atomic mass is 16.5. The van der Waals surface area contributed by atoms with Gasteiger partial charge in [-0.1, -0.05) is 12.1 Å². The monoisotopic (exact) mass is 323 g/mol. The Morgan fingerprint density at radius 3 is 2.83 bits per heavy atom. The maximum atomic E-state index is 5.27. The molecule has 124 valence electrons. The number of hydrogen-bond donors (Lipinski definition) is 1. The summed E-state index contributed by atoms with van der Waals surface area (Å²) in [5.41, 5.74) is 4.85. The normalized spacial score (nSPS) is 17.7. The molecular formula is C18H21N5O. The molecule has 0 amide bonds. The molecule has 4 rings (SSSR count). The van der Waals surface area contributed by atoms with Crippen LogP contribution in [0.5, 0.6) is 5.75 Å². The highest BCUT2D eigenvalue weighted by molar-refractivity contribution is 5.36. The van der Waals surface area contributed by atoms with Crippen LogP contribution < -0.4 is 4.74 Å². The third kappa shape index (κ3) is 2.80. The lowest BCUT2D eigenvalue weighted by atomic mass is 9.90. The number of rotatable bonds is 4. The van der Waals surface area contributed by atoms with Crippen molar-refractivity contribution >= 4 is 0 Å². The van der Waals surface area contributed by atoms with Crippen LogP contribution in [0.3, 0.4) is 0 Å². The van der Waals surface area contributed by atoms with Crippen molar-refractivity contribution in [1.29, 1.82) is 0 Å². The van der Waals surface area contributed by atoms with E-state index in [-0.39, 0.29) is 5.92 Å². The lowest BCUT2D eigenvalue weighted by Crippen LogP contribution is -2.33. The molecule has 1 aliphatic rings. The van der Waals surface area contributed by atoms with Gasteiger partial charge in [0.2, 0.25) is 0 Å². The zero-order valence-electron chi connectivity index (χ0n) is 13.9. The van der Waals surface area contributed by atoms with Gasteiger partial charge in [-0.05, 0) is 17.7 Å². The molecule has 24 heavy (non-hydrogen) atoms. The molecule has 1 aliphatic heterocycles. The Bertz CT molecular complexity index is 820. The second-order valence-electron chi connectivity index (χ2n) is 6.28. The van der Waals surface area contributed by atoms with Gasteiger partial charge in [-0.3, -0.25) is 9.58 Å². The zero-order chi connectivity index (χ0) is 16.5. The van der Waals surface area contributed by atoms with Crippen molar-refractivity contribution in [2.24, 2.45) is 7.05 Å². The Kier molecular flexibility index (Phi) is 3.82. The van der Waals surface area contributed by atoms with E-state index in [2.05, 4.69) is 38.3 Å². The molecule has 3 aromatic rings. The highest BCUT2D eigenvalue weighted by Crippen LogP contribution is 2.32. The standard InChI is InChI=1S/C18H21N5O/c1-22-8-13(7-21-22)9-23-10-16(18-17(11-23)19-12-20-18)14-3-5-15(24-2)6-4-14/h3-8,12,16H,9-11H2,1-2H3,(H,19,20). The summed E-state index contributed by atoms with van der Waals surface area (Å²) in [5.74, 6) is 1.15. The molecule has 0 aliphatic carbocycles. The van der Waals surface area contributed by atoms with Crippen LogP contribution in [0.1, 0.15) is 28.4 Å². The molecule has 1 aromatic carbocycles. The molecule has 0 radical (unpaired) electrons. The van der Waals surface area contributed by atoms with Crippen molar-refractivity contribution in [2.45, 2.75) is 19.0 Å². The summed E-state index contributed by atoms with van der Waals surface area (Å²) in [6.45, 7) is 2.72. The van der Waals surface area contributed by atoms with Crippen molar-refractivity contribution in [1.82, 2.24) is 24.6 Å². The van der Waals surface area contributed by atoms with Gasteiger partial charge in [0.05, 0.1) is 31.0 Å². The summed E-state index contributed by atoms with van der Waals surface area (Å²) in [5, 5.41) is 4.27. The quantitative estimate of drug-likeness (QED) is 0.800. The van der Waals surface area contributed by atoms with E-state index in [1.54, 1.807) is 13.4 Å². The first kappa shape index (κ1) is 15.0. The lowest BCUT2D eigenvalue weighted by Gasteiger charge is -2.32. The number of ether oxygens (including phenoxy) is 1. The predicted octanol–water partition coefficient (Wildman–Crippen LogP) is 2.30. The van der Waals surface area contributed by atoms with Crippen LogP contribution in [0.4, 0.5) is 0 Å². The summed E-state index contributed by atoms with van der Waals surface area (Å²) in [6.07, 6.45) is 5.81. The van der Waals surface area contributed by atoms with E-state index in [1.165, 1.54) is 16.8 Å². The molecular weight excluding hydrogens is 302 g/mol. The van der Waals surface area contributed by atoms with Crippen LogP contribution in [-0.2, 0) is 20.1 Å². The fourth-order valence-corrected chi connectivity index (χ4v) is 3.42. The van der Waals surface area contributed by atoms with E-state index in [4.69, 9.17) is 4.74 Å². The maximum Gasteiger partial charge on any atom is 0.118 e. The van der Waals surface area contributed by atoms with E-state index in [9.17, 15) is 0 Å². The van der Waals surface area contributed by atoms with Crippen LogP contribution in [0, 0.1) is 0 Å². The highest BCUT2D eigenvalue weighted by Gasteiger charge is 2.29. The fourth-order valence-electron chi connectivity index (χ4n) is 3.42. The molecule has 3 heterocycles. The number of fused-ring (bicyclic) bond motifs is 1. The van der Waals surface area contributed by atoms with Gasteiger partial charge in [0.25, 0.3) is 0 Å². The van der Waals surface area contributed by atoms with Crippen LogP contribution in [0.25, 0.3) is 0 Å². The number of nitrogens with zero attached hydrogens (tertiary/aromatic N) is 4. The van der Waals surface area contributed by atoms with Crippen molar-refractivity contribution in [3.05, 3.63) is 65.5 Å². The smallest absolute Gasteiger partial charge is 0.118 e. The molecule has 6 heteroatoms. The third-order valence-corrected chi connectivity index (χ3v) is 4.59. The van der Waals surface area contributed by atoms with Gasteiger partial charge in [0.15, 0.2) is 0 Å². The summed E-state index contributed by atoms with van der Waals surface area (Å²) in [4.78, 5) is 10.3. The average molecular weight is 323 g/mol. The van der Waals surface area contributed by atoms with E-state index in [1.807, 2.05) is 30.1 Å². The average Bonchev–Trinajstić information content (AvgIpc) is 3.23. The maximum absolute atomic E-state index is 5.27. The molecule has 0 saturated carbocycles. The number of methoxy groups -OCH3 is 1. The fraction of sp³-hybridized carbons (Fsp3) is 0.333. The minimum absolute atomic E-state index is 0.266. The van der Waals surface area contributed by atoms with Gasteiger partial charge in [-0.25, -0.2) is 4.98 Å². The Hall–Kier alpha value is -2.60. The van der Waals surface area contributed by atoms with Crippen molar-refractivity contribution in [3.8, 4) is 5.75 Å². The van der Waals surface area contributed by atoms with Crippen LogP contribution >= 0.6 is 0 Å². The van der Waals surface area contributed by atoms with E-state index >= 15 is 0 Å². The lowest BCUT2D eigenvalue weighted by molar-refractivity contribution is 0.227. The van der Waals surface area contributed by atoms with Gasteiger partial charge >= 0.3 is 0 Å². The number of nitrogens with one attached hydrogen (secondary N) is 1. The first-order valence-electron chi connectivity index (χ1n) is 8.09. The SMILES string of the molecule is COc1ccc(C2CN(Cc3cnn(C)c3)Cc3[nH]cnc32)cc1. The number of aryl methyl sites for hydroxylation is 1. The van der Waals surface area contributed by atoms with Crippen LogP contribution in [0.2, 0.25) is 0 Å². The summed E-state index contributed by atoms with van der Waals surface area (Å²) < 4.78 is 7.12. The molecule has 2 aromatic heterocycles. The Morgan fingerprint density at radius 1 is 1.29 bits per heavy atom. The molecule has 1 atom stereocenters. The Morgan fingerprint density at radius 2 is 2.12 bits per heavy atom. The molecule has 1 unspecified atom stereocenters. The van der Waals surface area contributed by atoms with Gasteiger partial charge in [-0.2, -0.15) is 5.10 Å². The topological polar surface area (TPSA) is 59.0 Å². The first-order valence-corrected chi connectivity index (χ1v) is 8.09. The van der Waals surface area contributed by atoms with Crippen LogP contribution in [-0.4, -0.2) is 38.3 Å². The number of benzene rings is 1. The Balaban J connectivity index is 1.60. The summed E-state index contributed by atoms with van der Waals surface area (Å²) >= 11 is 0. The minimum Gasteiger partial charge on any atom is -0.497 e. The number of aromatic nitrogens is 4. The predicted molar refractivity (Wildman–Crippen MR) is 90.7 cm³/mol. The number of hydrogen-bond acceptors (Lipinski definition) is 4. The van der Waals surface area contributed by atoms with Gasteiger partial charge in [0, 0.05) is 44.4 Å². The van der Waals surface area contributed by atoms with E-state index < -0.39 is 0 Å². The zero-order valence-corrected chi connectivity index (χ0v) is 13.9. The summed E-state index contributed by atoms with van der Waals surface area (Å²) in [7, 11) is 3.64. The molecule has 1 N–H and O–H groups in total. The number of aromatic amines is 1. The summed E-state index contributed by atoms with van der Waals surface area (Å²) in [6, 6.07) is 8.30. The van der Waals surface area contributed by atoms with Crippen molar-refractivity contribution < 1.29 is 4.74 Å². The van der Waals surface area contributed by atoms with Crippen LogP contribution in [0.15, 0.2) is 43.0 Å². The third-order valence-electron chi connectivity index (χ3n) is 4.59. The molecule has 0 fully saturated rings. The second kappa shape index (κ2) is 6.13. The Labute approximate surface area is 141 Å². The first-order chi connectivity index (χ1) is 11.7. The largest absolute Gasteiger partial charge is 0.497 e. The number of imidazole rings is 1. The molecule has 0 spiro atoms. The molecule has 0 bridgehead atoms. The molecule has 6 nitrogen and oxygen atoms in total. The van der Waals surface area contributed by atoms with Crippen molar-refractivity contribution in [2.75, 3.05) is 13.7 Å². The van der Waals surface area contributed by atoms with Gasteiger partial charge in [-0.15, -0.1) is 0 Å². The van der Waals surface area contributed by atoms with E-state index in [0.29, 0.717) is 0 Å².